The van der Waals surface area contributed by atoms with Gasteiger partial charge >= 0.3 is 0 Å². The van der Waals surface area contributed by atoms with Crippen LogP contribution in [0.25, 0.3) is 0 Å². The van der Waals surface area contributed by atoms with E-state index in [9.17, 15) is 0 Å². The van der Waals surface area contributed by atoms with E-state index in [1.165, 1.54) is 27.9 Å². The smallest absolute Gasteiger partial charge is 0.0589 e. The molecule has 0 fully saturated rings. The molecule has 27 heavy (non-hydrogen) atoms. The second-order valence-electron chi connectivity index (χ2n) is 7.18. The lowest BCUT2D eigenvalue weighted by Gasteiger charge is -2.24. The Morgan fingerprint density at radius 1 is 0.815 bits per heavy atom. The van der Waals surface area contributed by atoms with E-state index < -0.39 is 0 Å². The summed E-state index contributed by atoms with van der Waals surface area (Å²) in [6.45, 7) is 8.79. The van der Waals surface area contributed by atoms with E-state index in [0.29, 0.717) is 0 Å². The number of nitrogens with zero attached hydrogens (tertiary/aromatic N) is 2. The maximum Gasteiger partial charge on any atom is 0.0589 e. The lowest BCUT2D eigenvalue weighted by Crippen LogP contribution is -2.28. The lowest BCUT2D eigenvalue weighted by molar-refractivity contribution is 0.138. The molecule has 0 aliphatic heterocycles. The molecule has 0 saturated heterocycles. The van der Waals surface area contributed by atoms with E-state index >= 15 is 0 Å². The second kappa shape index (κ2) is 9.54. The van der Waals surface area contributed by atoms with Crippen LogP contribution in [0.1, 0.15) is 27.9 Å². The average Bonchev–Trinajstić information content (AvgIpc) is 3.10. The highest BCUT2D eigenvalue weighted by molar-refractivity contribution is 5.27. The van der Waals surface area contributed by atoms with Crippen molar-refractivity contribution >= 4 is 0 Å². The Balaban J connectivity index is 1.75. The quantitative estimate of drug-likeness (QED) is 0.544. The summed E-state index contributed by atoms with van der Waals surface area (Å²) in [4.78, 5) is 2.47. The number of aryl methyl sites for hydroxylation is 2. The molecule has 2 aromatic carbocycles. The van der Waals surface area contributed by atoms with Gasteiger partial charge in [0.05, 0.1) is 6.61 Å². The largest absolute Gasteiger partial charge is 0.383 e. The van der Waals surface area contributed by atoms with Crippen LogP contribution in [0.3, 0.4) is 0 Å². The molecule has 142 valence electrons. The zero-order valence-corrected chi connectivity index (χ0v) is 16.7. The fraction of sp³-hybridized carbons (Fsp3) is 0.333. The van der Waals surface area contributed by atoms with Gasteiger partial charge in [-0.3, -0.25) is 4.90 Å². The zero-order chi connectivity index (χ0) is 19.1. The summed E-state index contributed by atoms with van der Waals surface area (Å²) in [7, 11) is 1.77. The molecule has 3 heteroatoms. The molecule has 3 aromatic rings. The molecule has 0 N–H and O–H groups in total. The van der Waals surface area contributed by atoms with Crippen molar-refractivity contribution in [2.45, 2.75) is 33.5 Å². The predicted molar refractivity (Wildman–Crippen MR) is 112 cm³/mol. The summed E-state index contributed by atoms with van der Waals surface area (Å²) in [5.74, 6) is 0. The standard InChI is InChI=1S/C24H30N2O/c1-20-9-4-6-11-22(20)17-25(15-16-27-3)19-24-13-8-14-26(24)18-23-12-7-5-10-21(23)2/h4-14H,15-19H2,1-3H3. The minimum Gasteiger partial charge on any atom is -0.383 e. The summed E-state index contributed by atoms with van der Waals surface area (Å²) >= 11 is 0. The number of benzene rings is 2. The molecule has 0 saturated carbocycles. The Morgan fingerprint density at radius 2 is 1.48 bits per heavy atom. The molecule has 0 amide bonds. The van der Waals surface area contributed by atoms with Crippen molar-refractivity contribution in [1.82, 2.24) is 9.47 Å². The monoisotopic (exact) mass is 362 g/mol. The lowest BCUT2D eigenvalue weighted by atomic mass is 10.1. The summed E-state index contributed by atoms with van der Waals surface area (Å²) < 4.78 is 7.71. The molecule has 0 spiro atoms. The SMILES string of the molecule is COCCN(Cc1ccccc1C)Cc1cccn1Cc1ccccc1C. The molecule has 3 nitrogen and oxygen atoms in total. The van der Waals surface area contributed by atoms with Gasteiger partial charge in [-0.05, 0) is 48.2 Å². The van der Waals surface area contributed by atoms with Gasteiger partial charge in [0, 0.05) is 45.2 Å². The van der Waals surface area contributed by atoms with Crippen LogP contribution in [0.2, 0.25) is 0 Å². The van der Waals surface area contributed by atoms with E-state index in [2.05, 4.69) is 90.2 Å². The summed E-state index contributed by atoms with van der Waals surface area (Å²) in [6, 6.07) is 21.6. The van der Waals surface area contributed by atoms with Crippen molar-refractivity contribution in [1.29, 1.82) is 0 Å². The van der Waals surface area contributed by atoms with E-state index in [0.717, 1.165) is 32.8 Å². The third kappa shape index (κ3) is 5.31. The van der Waals surface area contributed by atoms with Gasteiger partial charge in [-0.25, -0.2) is 0 Å². The minimum absolute atomic E-state index is 0.740. The Kier molecular flexibility index (Phi) is 6.86. The van der Waals surface area contributed by atoms with Gasteiger partial charge in [0.1, 0.15) is 0 Å². The van der Waals surface area contributed by atoms with Gasteiger partial charge in [-0.15, -0.1) is 0 Å². The van der Waals surface area contributed by atoms with Gasteiger partial charge in [0.15, 0.2) is 0 Å². The van der Waals surface area contributed by atoms with Crippen LogP contribution in [-0.2, 0) is 24.4 Å². The van der Waals surface area contributed by atoms with Crippen LogP contribution in [0.15, 0.2) is 66.9 Å². The molecular weight excluding hydrogens is 332 g/mol. The zero-order valence-electron chi connectivity index (χ0n) is 16.7. The maximum absolute atomic E-state index is 5.35. The first-order valence-corrected chi connectivity index (χ1v) is 9.61. The summed E-state index contributed by atoms with van der Waals surface area (Å²) in [5.41, 5.74) is 6.77. The third-order valence-corrected chi connectivity index (χ3v) is 5.18. The molecule has 1 aromatic heterocycles. The van der Waals surface area contributed by atoms with Crippen molar-refractivity contribution in [3.63, 3.8) is 0 Å². The van der Waals surface area contributed by atoms with Crippen molar-refractivity contribution in [3.8, 4) is 0 Å². The van der Waals surface area contributed by atoms with Crippen molar-refractivity contribution < 1.29 is 4.74 Å². The van der Waals surface area contributed by atoms with Crippen LogP contribution in [0.5, 0.6) is 0 Å². The van der Waals surface area contributed by atoms with Crippen LogP contribution in [-0.4, -0.2) is 29.7 Å². The molecule has 0 aliphatic rings. The van der Waals surface area contributed by atoms with Crippen LogP contribution < -0.4 is 0 Å². The van der Waals surface area contributed by atoms with Crippen LogP contribution >= 0.6 is 0 Å². The minimum atomic E-state index is 0.740. The average molecular weight is 363 g/mol. The normalized spacial score (nSPS) is 11.3. The molecule has 0 radical (unpaired) electrons. The first-order chi connectivity index (χ1) is 13.2. The Labute approximate surface area is 163 Å². The van der Waals surface area contributed by atoms with Crippen molar-refractivity contribution in [3.05, 3.63) is 94.8 Å². The van der Waals surface area contributed by atoms with Crippen molar-refractivity contribution in [2.75, 3.05) is 20.3 Å². The maximum atomic E-state index is 5.35. The highest BCUT2D eigenvalue weighted by atomic mass is 16.5. The van der Waals surface area contributed by atoms with Gasteiger partial charge in [-0.2, -0.15) is 0 Å². The molecule has 0 aliphatic carbocycles. The Morgan fingerprint density at radius 3 is 2.15 bits per heavy atom. The first-order valence-electron chi connectivity index (χ1n) is 9.61. The number of rotatable bonds is 9. The van der Waals surface area contributed by atoms with Crippen LogP contribution in [0.4, 0.5) is 0 Å². The number of ether oxygens (including phenoxy) is 1. The van der Waals surface area contributed by atoms with Gasteiger partial charge in [-0.1, -0.05) is 48.5 Å². The highest BCUT2D eigenvalue weighted by Gasteiger charge is 2.12. The molecular formula is C24H30N2O. The van der Waals surface area contributed by atoms with Gasteiger partial charge < -0.3 is 9.30 Å². The fourth-order valence-electron chi connectivity index (χ4n) is 3.41. The van der Waals surface area contributed by atoms with E-state index in [1.54, 1.807) is 7.11 Å². The number of aromatic nitrogens is 1. The summed E-state index contributed by atoms with van der Waals surface area (Å²) in [6.07, 6.45) is 2.18. The second-order valence-corrected chi connectivity index (χ2v) is 7.18. The van der Waals surface area contributed by atoms with E-state index in [1.807, 2.05) is 0 Å². The molecule has 3 rings (SSSR count). The Hall–Kier alpha value is -2.36. The molecule has 0 atom stereocenters. The topological polar surface area (TPSA) is 17.4 Å². The van der Waals surface area contributed by atoms with E-state index in [4.69, 9.17) is 4.74 Å². The van der Waals surface area contributed by atoms with Gasteiger partial charge in [0.25, 0.3) is 0 Å². The van der Waals surface area contributed by atoms with E-state index in [-0.39, 0.29) is 0 Å². The molecule has 0 unspecified atom stereocenters. The number of hydrogen-bond acceptors (Lipinski definition) is 2. The molecule has 0 bridgehead atoms. The predicted octanol–water partition coefficient (Wildman–Crippen LogP) is 4.80. The fourth-order valence-corrected chi connectivity index (χ4v) is 3.41. The third-order valence-electron chi connectivity index (χ3n) is 5.18. The van der Waals surface area contributed by atoms with Crippen molar-refractivity contribution in [2.24, 2.45) is 0 Å². The van der Waals surface area contributed by atoms with Gasteiger partial charge in [0.2, 0.25) is 0 Å². The highest BCUT2D eigenvalue weighted by Crippen LogP contribution is 2.16. The van der Waals surface area contributed by atoms with Crippen LogP contribution in [0, 0.1) is 13.8 Å². The number of hydrogen-bond donors (Lipinski definition) is 0. The summed E-state index contributed by atoms with van der Waals surface area (Å²) in [5, 5.41) is 0. The Bertz CT molecular complexity index is 853. The number of methoxy groups -OCH3 is 1. The molecule has 1 heterocycles. The first kappa shape index (κ1) is 19.4.